The molecule has 1 aromatic heterocycles. The highest BCUT2D eigenvalue weighted by Crippen LogP contribution is 2.22. The Morgan fingerprint density at radius 3 is 2.62 bits per heavy atom. The van der Waals surface area contributed by atoms with Gasteiger partial charge in [0.15, 0.2) is 0 Å². The molecule has 0 amide bonds. The van der Waals surface area contributed by atoms with Crippen molar-refractivity contribution < 1.29 is 8.78 Å². The van der Waals surface area contributed by atoms with Gasteiger partial charge in [-0.25, -0.2) is 8.78 Å². The quantitative estimate of drug-likeness (QED) is 0.810. The number of nitrogens with two attached hydrogens (primary N) is 1. The molecule has 1 aromatic rings. The van der Waals surface area contributed by atoms with E-state index in [2.05, 4.69) is 5.10 Å². The van der Waals surface area contributed by atoms with E-state index in [-0.39, 0.29) is 11.5 Å². The maximum Gasteiger partial charge on any atom is 0.255 e. The van der Waals surface area contributed by atoms with E-state index in [1.165, 1.54) is 9.58 Å². The van der Waals surface area contributed by atoms with Crippen molar-refractivity contribution >= 4 is 23.0 Å². The van der Waals surface area contributed by atoms with Gasteiger partial charge in [-0.2, -0.15) is 5.10 Å². The summed E-state index contributed by atoms with van der Waals surface area (Å²) >= 11 is 4.89. The molecule has 1 rings (SSSR count). The minimum absolute atomic E-state index is 0.168. The molecule has 0 spiro atoms. The van der Waals surface area contributed by atoms with E-state index in [1.807, 2.05) is 0 Å². The lowest BCUT2D eigenvalue weighted by Gasteiger charge is -2.20. The number of hydrogen-bond donors (Lipinski definition) is 1. The molecule has 0 aliphatic carbocycles. The Kier molecular flexibility index (Phi) is 3.79. The lowest BCUT2D eigenvalue weighted by atomic mass is 10.2. The molecule has 2 N–H and O–H groups in total. The van der Waals surface area contributed by atoms with Crippen LogP contribution < -0.4 is 10.6 Å². The molecule has 0 unspecified atom stereocenters. The van der Waals surface area contributed by atoms with Gasteiger partial charge in [0.05, 0.1) is 17.8 Å². The molecule has 0 aliphatic rings. The maximum atomic E-state index is 12.3. The Bertz CT molecular complexity index is 402. The second kappa shape index (κ2) is 4.73. The van der Waals surface area contributed by atoms with Gasteiger partial charge in [-0.15, -0.1) is 0 Å². The van der Waals surface area contributed by atoms with Crippen molar-refractivity contribution in [2.45, 2.75) is 13.3 Å². The molecule has 0 radical (unpaired) electrons. The number of aryl methyl sites for hydroxylation is 2. The van der Waals surface area contributed by atoms with Crippen molar-refractivity contribution in [2.75, 3.05) is 18.5 Å². The zero-order valence-electron chi connectivity index (χ0n) is 9.37. The third-order valence-corrected chi connectivity index (χ3v) is 2.42. The summed E-state index contributed by atoms with van der Waals surface area (Å²) in [5, 5.41) is 4.12. The largest absolute Gasteiger partial charge is 0.389 e. The number of alkyl halides is 2. The molecule has 0 saturated heterocycles. The van der Waals surface area contributed by atoms with Crippen LogP contribution in [0, 0.1) is 6.92 Å². The zero-order chi connectivity index (χ0) is 12.5. The number of anilines is 1. The Hall–Kier alpha value is -1.24. The normalized spacial score (nSPS) is 10.9. The number of halogens is 2. The fraction of sp³-hybridized carbons (Fsp3) is 0.556. The molecule has 7 heteroatoms. The number of hydrogen-bond acceptors (Lipinski definition) is 3. The molecule has 0 saturated carbocycles. The molecule has 0 aliphatic heterocycles. The van der Waals surface area contributed by atoms with Gasteiger partial charge in [0, 0.05) is 14.1 Å². The molecular formula is C9H14F2N4S. The first-order chi connectivity index (χ1) is 7.34. The first-order valence-corrected chi connectivity index (χ1v) is 5.08. The van der Waals surface area contributed by atoms with Gasteiger partial charge in [-0.1, -0.05) is 12.2 Å². The van der Waals surface area contributed by atoms with E-state index in [0.717, 1.165) is 0 Å². The van der Waals surface area contributed by atoms with E-state index >= 15 is 0 Å². The van der Waals surface area contributed by atoms with Gasteiger partial charge in [-0.3, -0.25) is 4.68 Å². The molecule has 0 atom stereocenters. The van der Waals surface area contributed by atoms with Crippen LogP contribution in [0.15, 0.2) is 0 Å². The number of thiocarbonyl (C=S) groups is 1. The summed E-state index contributed by atoms with van der Waals surface area (Å²) in [6.45, 7) is 1.36. The first kappa shape index (κ1) is 12.8. The van der Waals surface area contributed by atoms with Crippen LogP contribution in [0.2, 0.25) is 0 Å². The van der Waals surface area contributed by atoms with E-state index in [9.17, 15) is 8.78 Å². The van der Waals surface area contributed by atoms with Crippen LogP contribution in [0.5, 0.6) is 0 Å². The van der Waals surface area contributed by atoms with Crippen molar-refractivity contribution in [3.63, 3.8) is 0 Å². The Morgan fingerprint density at radius 2 is 2.19 bits per heavy atom. The fourth-order valence-electron chi connectivity index (χ4n) is 1.67. The van der Waals surface area contributed by atoms with Gasteiger partial charge in [-0.05, 0) is 6.92 Å². The first-order valence-electron chi connectivity index (χ1n) is 4.67. The van der Waals surface area contributed by atoms with Crippen LogP contribution >= 0.6 is 12.2 Å². The SMILES string of the molecule is Cc1nn(C)c(N(C)CC(F)F)c1C(N)=S. The van der Waals surface area contributed by atoms with Crippen LogP contribution in [-0.2, 0) is 7.05 Å². The van der Waals surface area contributed by atoms with E-state index in [1.54, 1.807) is 21.0 Å². The molecule has 0 fully saturated rings. The predicted molar refractivity (Wildman–Crippen MR) is 63.1 cm³/mol. The molecule has 0 aromatic carbocycles. The van der Waals surface area contributed by atoms with E-state index < -0.39 is 6.43 Å². The molecule has 0 bridgehead atoms. The lowest BCUT2D eigenvalue weighted by molar-refractivity contribution is 0.156. The van der Waals surface area contributed by atoms with Crippen molar-refractivity contribution in [2.24, 2.45) is 12.8 Å². The van der Waals surface area contributed by atoms with Gasteiger partial charge < -0.3 is 10.6 Å². The third kappa shape index (κ3) is 2.46. The van der Waals surface area contributed by atoms with Crippen molar-refractivity contribution in [1.29, 1.82) is 0 Å². The smallest absolute Gasteiger partial charge is 0.255 e. The molecule has 1 heterocycles. The maximum absolute atomic E-state index is 12.3. The van der Waals surface area contributed by atoms with Crippen molar-refractivity contribution in [1.82, 2.24) is 9.78 Å². The fourth-order valence-corrected chi connectivity index (χ4v) is 1.90. The summed E-state index contributed by atoms with van der Waals surface area (Å²) in [5.74, 6) is 0.519. The second-order valence-electron chi connectivity index (χ2n) is 3.54. The Morgan fingerprint density at radius 1 is 1.62 bits per heavy atom. The molecule has 16 heavy (non-hydrogen) atoms. The van der Waals surface area contributed by atoms with Crippen LogP contribution in [0.3, 0.4) is 0 Å². The van der Waals surface area contributed by atoms with E-state index in [0.29, 0.717) is 17.1 Å². The average Bonchev–Trinajstić information content (AvgIpc) is 2.39. The standard InChI is InChI=1S/C9H14F2N4S/c1-5-7(8(12)16)9(15(3)13-5)14(2)4-6(10)11/h6H,4H2,1-3H3,(H2,12,16). The third-order valence-electron chi connectivity index (χ3n) is 2.21. The highest BCUT2D eigenvalue weighted by Gasteiger charge is 2.20. The summed E-state index contributed by atoms with van der Waals surface area (Å²) in [7, 11) is 3.23. The predicted octanol–water partition coefficient (Wildman–Crippen LogP) is 1.06. The van der Waals surface area contributed by atoms with Crippen LogP contribution in [0.25, 0.3) is 0 Å². The monoisotopic (exact) mass is 248 g/mol. The summed E-state index contributed by atoms with van der Waals surface area (Å²) in [5.41, 5.74) is 6.76. The highest BCUT2D eigenvalue weighted by molar-refractivity contribution is 7.80. The van der Waals surface area contributed by atoms with Crippen molar-refractivity contribution in [3.8, 4) is 0 Å². The van der Waals surface area contributed by atoms with E-state index in [4.69, 9.17) is 18.0 Å². The topological polar surface area (TPSA) is 47.1 Å². The van der Waals surface area contributed by atoms with Gasteiger partial charge in [0.25, 0.3) is 6.43 Å². The number of nitrogens with zero attached hydrogens (tertiary/aromatic N) is 3. The average molecular weight is 248 g/mol. The zero-order valence-corrected chi connectivity index (χ0v) is 10.2. The number of aromatic nitrogens is 2. The number of rotatable bonds is 4. The summed E-state index contributed by atoms with van der Waals surface area (Å²) in [6, 6.07) is 0. The molecule has 90 valence electrons. The highest BCUT2D eigenvalue weighted by atomic mass is 32.1. The van der Waals surface area contributed by atoms with Gasteiger partial charge >= 0.3 is 0 Å². The summed E-state index contributed by atoms with van der Waals surface area (Å²) in [6.07, 6.45) is -2.42. The molecule has 4 nitrogen and oxygen atoms in total. The van der Waals surface area contributed by atoms with Crippen LogP contribution in [0.1, 0.15) is 11.3 Å². The second-order valence-corrected chi connectivity index (χ2v) is 3.98. The van der Waals surface area contributed by atoms with Crippen LogP contribution in [0.4, 0.5) is 14.6 Å². The van der Waals surface area contributed by atoms with Gasteiger partial charge in [0.2, 0.25) is 0 Å². The lowest BCUT2D eigenvalue weighted by Crippen LogP contribution is -2.28. The van der Waals surface area contributed by atoms with Crippen LogP contribution in [-0.4, -0.2) is 34.8 Å². The minimum Gasteiger partial charge on any atom is -0.389 e. The Labute approximate surface area is 98.0 Å². The Balaban J connectivity index is 3.16. The minimum atomic E-state index is -2.42. The summed E-state index contributed by atoms with van der Waals surface area (Å²) < 4.78 is 26.1. The van der Waals surface area contributed by atoms with Crippen molar-refractivity contribution in [3.05, 3.63) is 11.3 Å². The molecular weight excluding hydrogens is 234 g/mol. The summed E-state index contributed by atoms with van der Waals surface area (Å²) in [4.78, 5) is 1.57. The van der Waals surface area contributed by atoms with Gasteiger partial charge in [0.1, 0.15) is 10.8 Å².